The van der Waals surface area contributed by atoms with E-state index in [1.807, 2.05) is 0 Å². The molecule has 2 heteroatoms. The van der Waals surface area contributed by atoms with Crippen LogP contribution in [0.5, 0.6) is 0 Å². The maximum absolute atomic E-state index is 12.6. The minimum absolute atomic E-state index is 0.0738. The first-order valence-corrected chi connectivity index (χ1v) is 8.09. The van der Waals surface area contributed by atoms with Crippen LogP contribution >= 0.6 is 0 Å². The number of rotatable bonds is 2. The van der Waals surface area contributed by atoms with Crippen molar-refractivity contribution in [3.05, 3.63) is 34.9 Å². The second kappa shape index (κ2) is 5.24. The first kappa shape index (κ1) is 14.8. The van der Waals surface area contributed by atoms with E-state index in [2.05, 4.69) is 26.5 Å². The summed E-state index contributed by atoms with van der Waals surface area (Å²) in [4.78, 5) is 12.6. The zero-order chi connectivity index (χ0) is 15.2. The van der Waals surface area contributed by atoms with E-state index in [4.69, 9.17) is 4.74 Å². The highest BCUT2D eigenvalue weighted by molar-refractivity contribution is 5.98. The van der Waals surface area contributed by atoms with Crippen molar-refractivity contribution in [2.45, 2.75) is 46.0 Å². The fourth-order valence-electron chi connectivity index (χ4n) is 4.55. The summed E-state index contributed by atoms with van der Waals surface area (Å²) >= 11 is 0. The van der Waals surface area contributed by atoms with E-state index in [1.54, 1.807) is 7.11 Å². The Morgan fingerprint density at radius 3 is 2.90 bits per heavy atom. The molecule has 21 heavy (non-hydrogen) atoms. The predicted molar refractivity (Wildman–Crippen MR) is 85.0 cm³/mol. The van der Waals surface area contributed by atoms with Gasteiger partial charge in [0.25, 0.3) is 0 Å². The molecule has 0 aliphatic heterocycles. The molecule has 0 saturated heterocycles. The number of ketones is 1. The topological polar surface area (TPSA) is 26.3 Å². The lowest BCUT2D eigenvalue weighted by atomic mass is 9.72. The molecule has 0 bridgehead atoms. The van der Waals surface area contributed by atoms with Gasteiger partial charge in [-0.25, -0.2) is 0 Å². The highest BCUT2D eigenvalue weighted by Gasteiger charge is 2.42. The predicted octanol–water partition coefficient (Wildman–Crippen LogP) is 4.23. The molecule has 2 nitrogen and oxygen atoms in total. The molecule has 0 heterocycles. The van der Waals surface area contributed by atoms with Gasteiger partial charge in [0, 0.05) is 30.8 Å². The highest BCUT2D eigenvalue weighted by atomic mass is 16.5. The van der Waals surface area contributed by atoms with Crippen LogP contribution < -0.4 is 0 Å². The third-order valence-electron chi connectivity index (χ3n) is 5.87. The van der Waals surface area contributed by atoms with Gasteiger partial charge in [0.15, 0.2) is 5.78 Å². The van der Waals surface area contributed by atoms with Gasteiger partial charge in [-0.1, -0.05) is 36.3 Å². The van der Waals surface area contributed by atoms with E-state index in [0.29, 0.717) is 12.3 Å². The fourth-order valence-corrected chi connectivity index (χ4v) is 4.55. The molecule has 3 aliphatic rings. The van der Waals surface area contributed by atoms with E-state index < -0.39 is 0 Å². The largest absolute Gasteiger partial charge is 0.384 e. The number of carbonyl (C=O) groups excluding carboxylic acids is 1. The number of hydrogen-bond acceptors (Lipinski definition) is 2. The number of Topliss-reactive ketones (excluding diaryl/α,β-unsaturated/α-hetero) is 1. The zero-order valence-electron chi connectivity index (χ0n) is 13.5. The van der Waals surface area contributed by atoms with Crippen molar-refractivity contribution < 1.29 is 9.53 Å². The van der Waals surface area contributed by atoms with Gasteiger partial charge in [-0.3, -0.25) is 4.79 Å². The maximum atomic E-state index is 12.6. The Balaban J connectivity index is 2.09. The van der Waals surface area contributed by atoms with E-state index in [1.165, 1.54) is 16.7 Å². The smallest absolute Gasteiger partial charge is 0.162 e. The molecule has 0 amide bonds. The molecule has 0 N–H and O–H groups in total. The molecule has 3 atom stereocenters. The van der Waals surface area contributed by atoms with E-state index in [0.717, 1.165) is 37.9 Å². The molecule has 1 fully saturated rings. The Kier molecular flexibility index (Phi) is 3.69. The Hall–Kier alpha value is -1.15. The SMILES string of the molecule is C=C1C(=O)CC2=C(C)CC[C@]2(C)/C=C2\C1CC[C@@H]2COC. The molecular formula is C19H26O2. The summed E-state index contributed by atoms with van der Waals surface area (Å²) in [5.41, 5.74) is 5.08. The molecule has 3 rings (SSSR count). The van der Waals surface area contributed by atoms with Crippen LogP contribution in [0.25, 0.3) is 0 Å². The van der Waals surface area contributed by atoms with Gasteiger partial charge in [0.2, 0.25) is 0 Å². The Labute approximate surface area is 127 Å². The molecule has 0 aromatic rings. The fraction of sp³-hybridized carbons (Fsp3) is 0.632. The van der Waals surface area contributed by atoms with Crippen LogP contribution in [0, 0.1) is 17.3 Å². The summed E-state index contributed by atoms with van der Waals surface area (Å²) in [6.07, 6.45) is 7.50. The lowest BCUT2D eigenvalue weighted by Crippen LogP contribution is -2.24. The molecule has 0 spiro atoms. The van der Waals surface area contributed by atoms with Crippen molar-refractivity contribution in [2.75, 3.05) is 13.7 Å². The van der Waals surface area contributed by atoms with Crippen molar-refractivity contribution >= 4 is 5.78 Å². The summed E-state index contributed by atoms with van der Waals surface area (Å²) in [6, 6.07) is 0. The standard InChI is InChI=1S/C19H26O2/c1-12-7-8-19(3)10-16-14(11-21-4)5-6-15(16)13(2)18(20)9-17(12)19/h10,14-15H,2,5-9,11H2,1,3-4H3/b16-10-/t14-,15?,19-/m1/s1. The molecule has 3 aliphatic carbocycles. The van der Waals surface area contributed by atoms with Crippen LogP contribution in [0.15, 0.2) is 34.9 Å². The zero-order valence-corrected chi connectivity index (χ0v) is 13.5. The van der Waals surface area contributed by atoms with Crippen molar-refractivity contribution in [1.82, 2.24) is 0 Å². The molecule has 0 aromatic carbocycles. The van der Waals surface area contributed by atoms with Crippen LogP contribution in [0.4, 0.5) is 0 Å². The van der Waals surface area contributed by atoms with Gasteiger partial charge in [-0.05, 0) is 38.2 Å². The lowest BCUT2D eigenvalue weighted by Gasteiger charge is -2.31. The quantitative estimate of drug-likeness (QED) is 0.561. The molecule has 1 saturated carbocycles. The first-order valence-electron chi connectivity index (χ1n) is 8.09. The summed E-state index contributed by atoms with van der Waals surface area (Å²) < 4.78 is 5.41. The van der Waals surface area contributed by atoms with Crippen LogP contribution in [0.2, 0.25) is 0 Å². The van der Waals surface area contributed by atoms with Gasteiger partial charge in [0.05, 0.1) is 6.61 Å². The molecule has 1 unspecified atom stereocenters. The third-order valence-corrected chi connectivity index (χ3v) is 5.87. The summed E-state index contributed by atoms with van der Waals surface area (Å²) in [7, 11) is 1.77. The van der Waals surface area contributed by atoms with Crippen molar-refractivity contribution in [3.63, 3.8) is 0 Å². The number of allylic oxidation sites excluding steroid dienone is 4. The average Bonchev–Trinajstić information content (AvgIpc) is 2.94. The van der Waals surface area contributed by atoms with E-state index in [9.17, 15) is 4.79 Å². The lowest BCUT2D eigenvalue weighted by molar-refractivity contribution is -0.115. The maximum Gasteiger partial charge on any atom is 0.162 e. The number of carbonyl (C=O) groups is 1. The summed E-state index contributed by atoms with van der Waals surface area (Å²) in [5, 5.41) is 0. The number of fused-ring (bicyclic) bond motifs is 2. The second-order valence-corrected chi connectivity index (χ2v) is 7.23. The van der Waals surface area contributed by atoms with Gasteiger partial charge >= 0.3 is 0 Å². The molecule has 0 radical (unpaired) electrons. The second-order valence-electron chi connectivity index (χ2n) is 7.23. The van der Waals surface area contributed by atoms with Crippen molar-refractivity contribution in [2.24, 2.45) is 17.3 Å². The van der Waals surface area contributed by atoms with Crippen LogP contribution in [-0.4, -0.2) is 19.5 Å². The normalized spacial score (nSPS) is 38.7. The molecule has 114 valence electrons. The average molecular weight is 286 g/mol. The van der Waals surface area contributed by atoms with Gasteiger partial charge in [-0.2, -0.15) is 0 Å². The highest BCUT2D eigenvalue weighted by Crippen LogP contribution is 2.52. The number of methoxy groups -OCH3 is 1. The third kappa shape index (κ3) is 2.34. The summed E-state index contributed by atoms with van der Waals surface area (Å²) in [6.45, 7) is 9.41. The minimum atomic E-state index is 0.0738. The van der Waals surface area contributed by atoms with Crippen LogP contribution in [0.3, 0.4) is 0 Å². The van der Waals surface area contributed by atoms with Crippen molar-refractivity contribution in [1.29, 1.82) is 0 Å². The van der Waals surface area contributed by atoms with E-state index in [-0.39, 0.29) is 17.1 Å². The van der Waals surface area contributed by atoms with Crippen LogP contribution in [-0.2, 0) is 9.53 Å². The summed E-state index contributed by atoms with van der Waals surface area (Å²) in [5.74, 6) is 0.977. The van der Waals surface area contributed by atoms with Crippen molar-refractivity contribution in [3.8, 4) is 0 Å². The molecule has 0 aromatic heterocycles. The first-order chi connectivity index (χ1) is 9.96. The minimum Gasteiger partial charge on any atom is -0.384 e. The Morgan fingerprint density at radius 2 is 2.19 bits per heavy atom. The number of hydrogen-bond donors (Lipinski definition) is 0. The van der Waals surface area contributed by atoms with Gasteiger partial charge in [0.1, 0.15) is 0 Å². The monoisotopic (exact) mass is 286 g/mol. The van der Waals surface area contributed by atoms with Gasteiger partial charge in [-0.15, -0.1) is 0 Å². The van der Waals surface area contributed by atoms with Crippen LogP contribution in [0.1, 0.15) is 46.0 Å². The number of ether oxygens (including phenoxy) is 1. The molecular weight excluding hydrogens is 260 g/mol. The Morgan fingerprint density at radius 1 is 1.43 bits per heavy atom. The van der Waals surface area contributed by atoms with Gasteiger partial charge < -0.3 is 4.74 Å². The van der Waals surface area contributed by atoms with E-state index >= 15 is 0 Å². The Bertz CT molecular complexity index is 552.